The number of carbonyl (C=O) groups is 3. The zero-order valence-corrected chi connectivity index (χ0v) is 21.9. The van der Waals surface area contributed by atoms with E-state index in [9.17, 15) is 14.4 Å². The van der Waals surface area contributed by atoms with Crippen LogP contribution >= 0.6 is 11.6 Å². The molecule has 8 heteroatoms. The maximum atomic E-state index is 14.0. The second kappa shape index (κ2) is 11.3. The van der Waals surface area contributed by atoms with Crippen LogP contribution in [0, 0.1) is 6.92 Å². The summed E-state index contributed by atoms with van der Waals surface area (Å²) in [6, 6.07) is 29.9. The van der Waals surface area contributed by atoms with E-state index in [2.05, 4.69) is 10.6 Å². The van der Waals surface area contributed by atoms with Crippen LogP contribution in [0.3, 0.4) is 0 Å². The Balaban J connectivity index is 1.53. The molecule has 0 fully saturated rings. The van der Waals surface area contributed by atoms with Gasteiger partial charge in [0, 0.05) is 27.4 Å². The number of aliphatic imine (C=N–C) groups is 1. The van der Waals surface area contributed by atoms with E-state index in [1.807, 2.05) is 67.6 Å². The van der Waals surface area contributed by atoms with E-state index in [0.29, 0.717) is 33.2 Å². The Morgan fingerprint density at radius 1 is 0.897 bits per heavy atom. The Morgan fingerprint density at radius 3 is 2.36 bits per heavy atom. The van der Waals surface area contributed by atoms with Crippen molar-refractivity contribution in [3.8, 4) is 0 Å². The highest BCUT2D eigenvalue weighted by Gasteiger charge is 2.34. The van der Waals surface area contributed by atoms with E-state index >= 15 is 0 Å². The first kappa shape index (κ1) is 25.9. The molecule has 1 heterocycles. The molecule has 0 radical (unpaired) electrons. The molecule has 194 valence electrons. The lowest BCUT2D eigenvalue weighted by Crippen LogP contribution is -2.49. The lowest BCUT2D eigenvalue weighted by atomic mass is 10.00. The van der Waals surface area contributed by atoms with Crippen molar-refractivity contribution >= 4 is 46.4 Å². The first-order valence-electron chi connectivity index (χ1n) is 12.4. The van der Waals surface area contributed by atoms with Crippen molar-refractivity contribution in [2.75, 3.05) is 16.8 Å². The molecular weight excluding hydrogens is 512 g/mol. The Kier molecular flexibility index (Phi) is 7.52. The van der Waals surface area contributed by atoms with Crippen LogP contribution in [-0.4, -0.2) is 36.1 Å². The number of ketones is 1. The molecule has 4 aromatic carbocycles. The van der Waals surface area contributed by atoms with Crippen LogP contribution < -0.4 is 15.5 Å². The number of carbonyl (C=O) groups excluding carboxylic acids is 3. The van der Waals surface area contributed by atoms with Crippen LogP contribution in [-0.2, 0) is 4.79 Å². The number of hydrogen-bond donors (Lipinski definition) is 2. The largest absolute Gasteiger partial charge is 0.321 e. The van der Waals surface area contributed by atoms with Crippen molar-refractivity contribution in [1.29, 1.82) is 0 Å². The predicted octanol–water partition coefficient (Wildman–Crippen LogP) is 5.86. The summed E-state index contributed by atoms with van der Waals surface area (Å²) in [4.78, 5) is 46.3. The molecule has 39 heavy (non-hydrogen) atoms. The van der Waals surface area contributed by atoms with Gasteiger partial charge >= 0.3 is 6.03 Å². The smallest absolute Gasteiger partial charge is 0.308 e. The number of benzodiazepines with no additional fused rings is 1. The predicted molar refractivity (Wildman–Crippen MR) is 154 cm³/mol. The minimum atomic E-state index is -1.28. The van der Waals surface area contributed by atoms with Gasteiger partial charge in [-0.1, -0.05) is 72.3 Å². The molecular formula is C31H25ClN4O3. The number of fused-ring (bicyclic) bond motifs is 1. The summed E-state index contributed by atoms with van der Waals surface area (Å²) in [6.07, 6.45) is -1.28. The SMILES string of the molecule is Cc1cccc(NC(=O)NC2N=C(c3ccccc3)c3ccccc3N(CC(=O)c3ccc(Cl)cc3)C2=O)c1. The van der Waals surface area contributed by atoms with Gasteiger partial charge in [0.15, 0.2) is 5.78 Å². The fourth-order valence-electron chi connectivity index (χ4n) is 4.40. The van der Waals surface area contributed by atoms with Gasteiger partial charge in [0.05, 0.1) is 17.9 Å². The van der Waals surface area contributed by atoms with Gasteiger partial charge in [0.25, 0.3) is 5.91 Å². The quantitative estimate of drug-likeness (QED) is 0.302. The number of anilines is 2. The summed E-state index contributed by atoms with van der Waals surface area (Å²) < 4.78 is 0. The van der Waals surface area contributed by atoms with Gasteiger partial charge in [-0.3, -0.25) is 9.59 Å². The lowest BCUT2D eigenvalue weighted by molar-refractivity contribution is -0.120. The second-order valence-electron chi connectivity index (χ2n) is 9.09. The number of benzene rings is 4. The van der Waals surface area contributed by atoms with Crippen LogP contribution in [0.2, 0.25) is 5.02 Å². The number of aryl methyl sites for hydroxylation is 1. The number of para-hydroxylation sites is 1. The van der Waals surface area contributed by atoms with Gasteiger partial charge < -0.3 is 15.5 Å². The fourth-order valence-corrected chi connectivity index (χ4v) is 4.52. The Labute approximate surface area is 231 Å². The summed E-state index contributed by atoms with van der Waals surface area (Å²) in [6.45, 7) is 1.67. The standard InChI is InChI=1S/C31H25ClN4O3/c1-20-8-7-11-24(18-20)33-31(39)35-29-30(38)36(19-27(37)21-14-16-23(32)17-15-21)26-13-6-5-12-25(26)28(34-29)22-9-3-2-4-10-22/h2-18,29H,19H2,1H3,(H2,33,35,39). The number of nitrogens with one attached hydrogen (secondary N) is 2. The number of nitrogens with zero attached hydrogens (tertiary/aromatic N) is 2. The van der Waals surface area contributed by atoms with E-state index in [4.69, 9.17) is 16.6 Å². The molecule has 5 rings (SSSR count). The molecule has 1 atom stereocenters. The van der Waals surface area contributed by atoms with Crippen LogP contribution in [0.4, 0.5) is 16.2 Å². The normalized spacial score (nSPS) is 14.6. The Hall–Kier alpha value is -4.75. The van der Waals surface area contributed by atoms with E-state index in [1.54, 1.807) is 42.5 Å². The topological polar surface area (TPSA) is 90.9 Å². The van der Waals surface area contributed by atoms with Gasteiger partial charge in [-0.15, -0.1) is 0 Å². The Bertz CT molecular complexity index is 1570. The number of Topliss-reactive ketones (excluding diaryl/α,β-unsaturated/α-hetero) is 1. The molecule has 0 spiro atoms. The van der Waals surface area contributed by atoms with Crippen molar-refractivity contribution in [2.24, 2.45) is 4.99 Å². The average Bonchev–Trinajstić information content (AvgIpc) is 3.04. The molecule has 1 unspecified atom stereocenters. The van der Waals surface area contributed by atoms with E-state index < -0.39 is 18.1 Å². The molecule has 0 saturated heterocycles. The maximum Gasteiger partial charge on any atom is 0.321 e. The number of urea groups is 1. The number of amides is 3. The van der Waals surface area contributed by atoms with Gasteiger partial charge in [-0.2, -0.15) is 0 Å². The molecule has 0 aliphatic carbocycles. The maximum absolute atomic E-state index is 14.0. The summed E-state index contributed by atoms with van der Waals surface area (Å²) >= 11 is 5.99. The molecule has 2 N–H and O–H groups in total. The summed E-state index contributed by atoms with van der Waals surface area (Å²) in [5.41, 5.74) is 4.47. The van der Waals surface area contributed by atoms with Crippen molar-refractivity contribution in [2.45, 2.75) is 13.1 Å². The van der Waals surface area contributed by atoms with Crippen LogP contribution in [0.1, 0.15) is 27.0 Å². The zero-order chi connectivity index (χ0) is 27.4. The molecule has 1 aliphatic heterocycles. The summed E-state index contributed by atoms with van der Waals surface area (Å²) in [5.74, 6) is -0.809. The number of rotatable bonds is 6. The number of hydrogen-bond acceptors (Lipinski definition) is 4. The van der Waals surface area contributed by atoms with Crippen LogP contribution in [0.15, 0.2) is 108 Å². The summed E-state index contributed by atoms with van der Waals surface area (Å²) in [7, 11) is 0. The highest BCUT2D eigenvalue weighted by atomic mass is 35.5. The van der Waals surface area contributed by atoms with Crippen LogP contribution in [0.25, 0.3) is 0 Å². The van der Waals surface area contributed by atoms with Crippen molar-refractivity contribution in [3.05, 3.63) is 130 Å². The van der Waals surface area contributed by atoms with Crippen molar-refractivity contribution < 1.29 is 14.4 Å². The molecule has 0 saturated carbocycles. The van der Waals surface area contributed by atoms with Crippen LogP contribution in [0.5, 0.6) is 0 Å². The van der Waals surface area contributed by atoms with Crippen molar-refractivity contribution in [3.63, 3.8) is 0 Å². The number of halogens is 1. The molecule has 1 aliphatic rings. The van der Waals surface area contributed by atoms with Gasteiger partial charge in [-0.25, -0.2) is 9.79 Å². The summed E-state index contributed by atoms with van der Waals surface area (Å²) in [5, 5.41) is 5.98. The Morgan fingerprint density at radius 2 is 1.62 bits per heavy atom. The second-order valence-corrected chi connectivity index (χ2v) is 9.52. The fraction of sp³-hybridized carbons (Fsp3) is 0.0968. The lowest BCUT2D eigenvalue weighted by Gasteiger charge is -2.25. The highest BCUT2D eigenvalue weighted by Crippen LogP contribution is 2.28. The third kappa shape index (κ3) is 5.89. The van der Waals surface area contributed by atoms with E-state index in [1.165, 1.54) is 4.90 Å². The third-order valence-corrected chi connectivity index (χ3v) is 6.52. The average molecular weight is 537 g/mol. The first-order valence-corrected chi connectivity index (χ1v) is 12.7. The molecule has 4 aromatic rings. The van der Waals surface area contributed by atoms with Crippen molar-refractivity contribution in [1.82, 2.24) is 5.32 Å². The van der Waals surface area contributed by atoms with Gasteiger partial charge in [-0.05, 0) is 55.0 Å². The van der Waals surface area contributed by atoms with E-state index in [0.717, 1.165) is 11.1 Å². The molecule has 0 bridgehead atoms. The van der Waals surface area contributed by atoms with Gasteiger partial charge in [0.2, 0.25) is 6.17 Å². The molecule has 7 nitrogen and oxygen atoms in total. The third-order valence-electron chi connectivity index (χ3n) is 6.27. The minimum absolute atomic E-state index is 0.243. The van der Waals surface area contributed by atoms with Gasteiger partial charge in [0.1, 0.15) is 0 Å². The molecule has 3 amide bonds. The monoisotopic (exact) mass is 536 g/mol. The zero-order valence-electron chi connectivity index (χ0n) is 21.1. The minimum Gasteiger partial charge on any atom is -0.308 e. The molecule has 0 aromatic heterocycles. The van der Waals surface area contributed by atoms with E-state index in [-0.39, 0.29) is 12.3 Å². The highest BCUT2D eigenvalue weighted by molar-refractivity contribution is 6.30. The first-order chi connectivity index (χ1) is 18.9.